The van der Waals surface area contributed by atoms with E-state index in [0.717, 1.165) is 32.8 Å². The van der Waals surface area contributed by atoms with E-state index in [4.69, 9.17) is 16.3 Å². The van der Waals surface area contributed by atoms with Crippen LogP contribution in [0.1, 0.15) is 40.0 Å². The molecule has 0 heterocycles. The van der Waals surface area contributed by atoms with Gasteiger partial charge in [0.05, 0.1) is 31.0 Å². The van der Waals surface area contributed by atoms with Crippen LogP contribution in [-0.4, -0.2) is 50.5 Å². The van der Waals surface area contributed by atoms with Gasteiger partial charge >= 0.3 is 0 Å². The molecule has 0 aliphatic carbocycles. The third-order valence-corrected chi connectivity index (χ3v) is 3.28. The molecule has 0 bridgehead atoms. The standard InChI is InChI=1S/C13H29B2N3O3/c1-10(19)11(6-4-5-8-16)18-21-9-7-14-15-12(20)13(2,3)17/h11,14-15,18H,4-9,16-17H2,1-3H3/t11-/m0/s1. The summed E-state index contributed by atoms with van der Waals surface area (Å²) in [6, 6.07) is -0.277. The van der Waals surface area contributed by atoms with E-state index in [-0.39, 0.29) is 17.5 Å². The predicted molar refractivity (Wildman–Crippen MR) is 88.8 cm³/mol. The Morgan fingerprint density at radius 3 is 2.52 bits per heavy atom. The molecule has 0 unspecified atom stereocenters. The largest absolute Gasteiger partial charge is 0.330 e. The molecule has 0 radical (unpaired) electrons. The minimum absolute atomic E-state index is 0.0545. The topological polar surface area (TPSA) is 107 Å². The van der Waals surface area contributed by atoms with Gasteiger partial charge in [-0.2, -0.15) is 5.48 Å². The quantitative estimate of drug-likeness (QED) is 0.230. The van der Waals surface area contributed by atoms with Gasteiger partial charge in [-0.25, -0.2) is 0 Å². The van der Waals surface area contributed by atoms with E-state index in [1.54, 1.807) is 20.8 Å². The van der Waals surface area contributed by atoms with Crippen LogP contribution in [0, 0.1) is 0 Å². The highest BCUT2D eigenvalue weighted by atomic mass is 16.6. The molecule has 0 saturated heterocycles. The third kappa shape index (κ3) is 10.6. The summed E-state index contributed by atoms with van der Waals surface area (Å²) in [5.41, 5.74) is 13.2. The molecule has 0 aliphatic heterocycles. The molecule has 0 saturated carbocycles. The van der Waals surface area contributed by atoms with Gasteiger partial charge in [0.25, 0.3) is 0 Å². The third-order valence-electron chi connectivity index (χ3n) is 3.28. The number of rotatable bonds is 13. The number of Topliss-reactive ketones (excluding diaryl/α,β-unsaturated/α-hetero) is 1. The van der Waals surface area contributed by atoms with Crippen molar-refractivity contribution in [2.75, 3.05) is 13.2 Å². The maximum absolute atomic E-state index is 11.6. The smallest absolute Gasteiger partial charge is 0.172 e. The van der Waals surface area contributed by atoms with Crippen molar-refractivity contribution in [2.24, 2.45) is 11.5 Å². The molecule has 5 N–H and O–H groups in total. The minimum atomic E-state index is -0.762. The summed E-state index contributed by atoms with van der Waals surface area (Å²) in [7, 11) is 1.19. The van der Waals surface area contributed by atoms with Crippen molar-refractivity contribution in [1.29, 1.82) is 0 Å². The summed E-state index contributed by atoms with van der Waals surface area (Å²) >= 11 is 0. The molecule has 0 fully saturated rings. The van der Waals surface area contributed by atoms with E-state index in [0.29, 0.717) is 20.3 Å². The number of unbranched alkanes of at least 4 members (excludes halogenated alkanes) is 1. The number of hydrogen-bond donors (Lipinski definition) is 3. The van der Waals surface area contributed by atoms with Crippen molar-refractivity contribution >= 4 is 25.8 Å². The second-order valence-electron chi connectivity index (χ2n) is 6.02. The summed E-state index contributed by atoms with van der Waals surface area (Å²) in [4.78, 5) is 28.3. The molecule has 6 nitrogen and oxygen atoms in total. The van der Waals surface area contributed by atoms with Gasteiger partial charge in [0.1, 0.15) is 5.78 Å². The fourth-order valence-electron chi connectivity index (χ4n) is 1.78. The van der Waals surface area contributed by atoms with E-state index in [9.17, 15) is 9.59 Å². The molecule has 0 rings (SSSR count). The second-order valence-corrected chi connectivity index (χ2v) is 6.02. The Hall–Kier alpha value is -0.690. The first-order valence-corrected chi connectivity index (χ1v) is 7.69. The van der Waals surface area contributed by atoms with Gasteiger partial charge in [-0.3, -0.25) is 4.79 Å². The van der Waals surface area contributed by atoms with Gasteiger partial charge in [0.2, 0.25) is 0 Å². The number of carbonyl (C=O) groups is 2. The van der Waals surface area contributed by atoms with Crippen LogP contribution in [0.15, 0.2) is 0 Å². The average molecular weight is 297 g/mol. The molecule has 0 aliphatic rings. The first-order chi connectivity index (χ1) is 9.79. The summed E-state index contributed by atoms with van der Waals surface area (Å²) in [5, 5.41) is 0. The second kappa shape index (κ2) is 11.0. The molecular formula is C13H29B2N3O3. The van der Waals surface area contributed by atoms with Crippen LogP contribution in [0.5, 0.6) is 0 Å². The van der Waals surface area contributed by atoms with Crippen LogP contribution in [0.25, 0.3) is 0 Å². The van der Waals surface area contributed by atoms with E-state index in [1.807, 2.05) is 0 Å². The lowest BCUT2D eigenvalue weighted by Crippen LogP contribution is -2.46. The van der Waals surface area contributed by atoms with Gasteiger partial charge in [0, 0.05) is 0 Å². The van der Waals surface area contributed by atoms with Crippen LogP contribution in [0.2, 0.25) is 6.32 Å². The monoisotopic (exact) mass is 297 g/mol. The Balaban J connectivity index is 3.71. The fourth-order valence-corrected chi connectivity index (χ4v) is 1.78. The van der Waals surface area contributed by atoms with Crippen molar-refractivity contribution in [1.82, 2.24) is 5.48 Å². The van der Waals surface area contributed by atoms with Crippen LogP contribution in [-0.2, 0) is 14.4 Å². The van der Waals surface area contributed by atoms with Gasteiger partial charge in [-0.1, -0.05) is 12.7 Å². The zero-order chi connectivity index (χ0) is 16.3. The maximum atomic E-state index is 11.6. The Kier molecular flexibility index (Phi) is 10.6. The van der Waals surface area contributed by atoms with Crippen LogP contribution >= 0.6 is 0 Å². The van der Waals surface area contributed by atoms with Gasteiger partial charge in [-0.15, -0.1) is 0 Å². The lowest BCUT2D eigenvalue weighted by atomic mass is 9.34. The number of ketones is 1. The minimum Gasteiger partial charge on any atom is -0.330 e. The summed E-state index contributed by atoms with van der Waals surface area (Å²) in [6.07, 6.45) is 3.29. The Morgan fingerprint density at radius 1 is 1.33 bits per heavy atom. The van der Waals surface area contributed by atoms with E-state index >= 15 is 0 Å². The number of nitrogens with one attached hydrogen (secondary N) is 1. The first-order valence-electron chi connectivity index (χ1n) is 7.69. The molecule has 0 aromatic rings. The van der Waals surface area contributed by atoms with Crippen molar-refractivity contribution in [3.8, 4) is 0 Å². The summed E-state index contributed by atoms with van der Waals surface area (Å²) in [5.74, 6) is 0.0621. The zero-order valence-corrected chi connectivity index (χ0v) is 13.6. The SMILES string of the molecule is CC(=O)[C@H](CCCCN)NOCCBBC(=O)C(C)(C)N. The first kappa shape index (κ1) is 20.3. The van der Waals surface area contributed by atoms with Crippen LogP contribution < -0.4 is 16.9 Å². The Bertz CT molecular complexity index is 322. The molecule has 0 aromatic heterocycles. The highest BCUT2D eigenvalue weighted by Crippen LogP contribution is 2.02. The van der Waals surface area contributed by atoms with Gasteiger partial charge in [0.15, 0.2) is 7.17 Å². The van der Waals surface area contributed by atoms with E-state index < -0.39 is 5.54 Å². The number of hydroxylamine groups is 1. The summed E-state index contributed by atoms with van der Waals surface area (Å²) in [6.45, 7) is 6.08. The molecular weight excluding hydrogens is 268 g/mol. The lowest BCUT2D eigenvalue weighted by Gasteiger charge is -2.16. The highest BCUT2D eigenvalue weighted by molar-refractivity contribution is 7.16. The summed E-state index contributed by atoms with van der Waals surface area (Å²) < 4.78 is 0. The number of hydrogen-bond acceptors (Lipinski definition) is 6. The van der Waals surface area contributed by atoms with E-state index in [2.05, 4.69) is 5.48 Å². The molecule has 120 valence electrons. The number of nitrogens with two attached hydrogens (primary N) is 2. The molecule has 8 heteroatoms. The lowest BCUT2D eigenvalue weighted by molar-refractivity contribution is -0.123. The highest BCUT2D eigenvalue weighted by Gasteiger charge is 2.21. The number of carbonyl (C=O) groups excluding carboxylic acids is 2. The average Bonchev–Trinajstić information content (AvgIpc) is 2.38. The molecule has 0 amide bonds. The Labute approximate surface area is 129 Å². The Morgan fingerprint density at radius 2 is 2.00 bits per heavy atom. The van der Waals surface area contributed by atoms with Crippen LogP contribution in [0.4, 0.5) is 0 Å². The normalized spacial score (nSPS) is 12.8. The molecule has 0 aromatic carbocycles. The zero-order valence-electron chi connectivity index (χ0n) is 13.6. The van der Waals surface area contributed by atoms with Gasteiger partial charge in [-0.05, 0) is 40.2 Å². The molecule has 0 spiro atoms. The van der Waals surface area contributed by atoms with Crippen molar-refractivity contribution in [3.05, 3.63) is 0 Å². The van der Waals surface area contributed by atoms with Crippen LogP contribution in [0.3, 0.4) is 0 Å². The fraction of sp³-hybridized carbons (Fsp3) is 0.846. The van der Waals surface area contributed by atoms with Gasteiger partial charge < -0.3 is 21.1 Å². The van der Waals surface area contributed by atoms with Crippen molar-refractivity contribution < 1.29 is 14.4 Å². The van der Waals surface area contributed by atoms with E-state index in [1.165, 1.54) is 0 Å². The molecule has 21 heavy (non-hydrogen) atoms. The predicted octanol–water partition coefficient (Wildman–Crippen LogP) is -0.936. The maximum Gasteiger partial charge on any atom is 0.172 e. The van der Waals surface area contributed by atoms with Crippen molar-refractivity contribution in [2.45, 2.75) is 57.9 Å². The molecule has 1 atom stereocenters. The van der Waals surface area contributed by atoms with Crippen molar-refractivity contribution in [3.63, 3.8) is 0 Å².